The van der Waals surface area contributed by atoms with E-state index in [1.165, 1.54) is 32.1 Å². The van der Waals surface area contributed by atoms with Gasteiger partial charge in [-0.15, -0.1) is 0 Å². The summed E-state index contributed by atoms with van der Waals surface area (Å²) in [7, 11) is 4.11. The molecule has 1 rings (SSSR count). The van der Waals surface area contributed by atoms with Crippen molar-refractivity contribution in [2.75, 3.05) is 32.6 Å². The van der Waals surface area contributed by atoms with Crippen LogP contribution in [0.2, 0.25) is 0 Å². The number of ether oxygens (including phenoxy) is 1. The molecule has 1 atom stereocenters. The maximum absolute atomic E-state index is 5.77. The van der Waals surface area contributed by atoms with Crippen LogP contribution in [-0.2, 0) is 0 Å². The van der Waals surface area contributed by atoms with Gasteiger partial charge in [-0.25, -0.2) is 0 Å². The van der Waals surface area contributed by atoms with Gasteiger partial charge >= 0.3 is 0 Å². The van der Waals surface area contributed by atoms with E-state index in [0.29, 0.717) is 6.04 Å². The molecular weight excluding hydrogens is 260 g/mol. The van der Waals surface area contributed by atoms with Gasteiger partial charge < -0.3 is 15.0 Å². The van der Waals surface area contributed by atoms with Crippen LogP contribution in [-0.4, -0.2) is 38.2 Å². The standard InChI is InChI=1S/C18H32N2O/c1-5-6-7-8-10-16(2)19-17-11-9-12-18(15-17)21-14-13-20(3)4/h9,11-12,15-16,19H,5-8,10,13-14H2,1-4H3. The smallest absolute Gasteiger partial charge is 0.121 e. The monoisotopic (exact) mass is 292 g/mol. The summed E-state index contributed by atoms with van der Waals surface area (Å²) in [6, 6.07) is 8.79. The molecule has 0 amide bonds. The predicted molar refractivity (Wildman–Crippen MR) is 92.3 cm³/mol. The van der Waals surface area contributed by atoms with Crippen LogP contribution in [0.3, 0.4) is 0 Å². The van der Waals surface area contributed by atoms with Gasteiger partial charge in [0.25, 0.3) is 0 Å². The van der Waals surface area contributed by atoms with Crippen LogP contribution in [0, 0.1) is 0 Å². The Labute approximate surface area is 130 Å². The largest absolute Gasteiger partial charge is 0.492 e. The normalized spacial score (nSPS) is 12.4. The Hall–Kier alpha value is -1.22. The Balaban J connectivity index is 2.34. The van der Waals surface area contributed by atoms with Gasteiger partial charge in [-0.1, -0.05) is 38.7 Å². The second-order valence-corrected chi connectivity index (χ2v) is 6.07. The van der Waals surface area contributed by atoms with Crippen molar-refractivity contribution < 1.29 is 4.74 Å². The van der Waals surface area contributed by atoms with Crippen LogP contribution in [0.1, 0.15) is 46.0 Å². The molecule has 0 radical (unpaired) electrons. The molecule has 3 nitrogen and oxygen atoms in total. The third-order valence-corrected chi connectivity index (χ3v) is 3.55. The fourth-order valence-corrected chi connectivity index (χ4v) is 2.26. The first-order valence-corrected chi connectivity index (χ1v) is 8.26. The Morgan fingerprint density at radius 3 is 2.71 bits per heavy atom. The molecular formula is C18H32N2O. The molecule has 0 spiro atoms. The van der Waals surface area contributed by atoms with E-state index in [1.807, 2.05) is 6.07 Å². The highest BCUT2D eigenvalue weighted by atomic mass is 16.5. The zero-order valence-electron chi connectivity index (χ0n) is 14.2. The number of anilines is 1. The first kappa shape index (κ1) is 17.8. The van der Waals surface area contributed by atoms with Gasteiger partial charge in [0.15, 0.2) is 0 Å². The van der Waals surface area contributed by atoms with Gasteiger partial charge in [0.1, 0.15) is 12.4 Å². The average molecular weight is 292 g/mol. The molecule has 1 unspecified atom stereocenters. The lowest BCUT2D eigenvalue weighted by molar-refractivity contribution is 0.261. The molecule has 1 aromatic rings. The van der Waals surface area contributed by atoms with Gasteiger partial charge in [0.2, 0.25) is 0 Å². The van der Waals surface area contributed by atoms with Crippen molar-refractivity contribution in [2.45, 2.75) is 52.0 Å². The van der Waals surface area contributed by atoms with Crippen LogP contribution < -0.4 is 10.1 Å². The molecule has 1 N–H and O–H groups in total. The number of unbranched alkanes of at least 4 members (excludes halogenated alkanes) is 3. The van der Waals surface area contributed by atoms with E-state index in [2.05, 4.69) is 56.4 Å². The Morgan fingerprint density at radius 2 is 2.00 bits per heavy atom. The molecule has 0 aliphatic carbocycles. The second-order valence-electron chi connectivity index (χ2n) is 6.07. The van der Waals surface area contributed by atoms with E-state index in [1.54, 1.807) is 0 Å². The van der Waals surface area contributed by atoms with Gasteiger partial charge in [0, 0.05) is 24.3 Å². The SMILES string of the molecule is CCCCCCC(C)Nc1cccc(OCCN(C)C)c1. The van der Waals surface area contributed by atoms with Crippen LogP contribution in [0.25, 0.3) is 0 Å². The maximum atomic E-state index is 5.77. The molecule has 0 saturated heterocycles. The highest BCUT2D eigenvalue weighted by molar-refractivity contribution is 5.48. The average Bonchev–Trinajstić information content (AvgIpc) is 2.44. The van der Waals surface area contributed by atoms with E-state index >= 15 is 0 Å². The quantitative estimate of drug-likeness (QED) is 0.612. The molecule has 1 aromatic carbocycles. The highest BCUT2D eigenvalue weighted by Crippen LogP contribution is 2.19. The Kier molecular flexibility index (Phi) is 8.91. The van der Waals surface area contributed by atoms with Crippen molar-refractivity contribution in [2.24, 2.45) is 0 Å². The van der Waals surface area contributed by atoms with E-state index < -0.39 is 0 Å². The van der Waals surface area contributed by atoms with Crippen LogP contribution in [0.4, 0.5) is 5.69 Å². The summed E-state index contributed by atoms with van der Waals surface area (Å²) < 4.78 is 5.77. The second kappa shape index (κ2) is 10.5. The fourth-order valence-electron chi connectivity index (χ4n) is 2.26. The van der Waals surface area contributed by atoms with Gasteiger partial charge in [-0.05, 0) is 39.6 Å². The van der Waals surface area contributed by atoms with E-state index in [-0.39, 0.29) is 0 Å². The molecule has 0 bridgehead atoms. The van der Waals surface area contributed by atoms with Gasteiger partial charge in [-0.2, -0.15) is 0 Å². The molecule has 0 aliphatic rings. The summed E-state index contributed by atoms with van der Waals surface area (Å²) in [5.41, 5.74) is 1.15. The summed E-state index contributed by atoms with van der Waals surface area (Å²) in [5.74, 6) is 0.944. The molecule has 3 heteroatoms. The van der Waals surface area contributed by atoms with Crippen molar-refractivity contribution in [1.82, 2.24) is 4.90 Å². The summed E-state index contributed by atoms with van der Waals surface area (Å²) >= 11 is 0. The lowest BCUT2D eigenvalue weighted by Gasteiger charge is -2.16. The van der Waals surface area contributed by atoms with Crippen LogP contribution >= 0.6 is 0 Å². The third kappa shape index (κ3) is 8.61. The number of nitrogens with zero attached hydrogens (tertiary/aromatic N) is 1. The number of likely N-dealkylation sites (N-methyl/N-ethyl adjacent to an activating group) is 1. The minimum atomic E-state index is 0.513. The maximum Gasteiger partial charge on any atom is 0.121 e. The van der Waals surface area contributed by atoms with Crippen molar-refractivity contribution in [3.05, 3.63) is 24.3 Å². The van der Waals surface area contributed by atoms with Gasteiger partial charge in [-0.3, -0.25) is 0 Å². The van der Waals surface area contributed by atoms with Crippen molar-refractivity contribution in [1.29, 1.82) is 0 Å². The summed E-state index contributed by atoms with van der Waals surface area (Å²) in [6.07, 6.45) is 6.53. The minimum absolute atomic E-state index is 0.513. The number of hydrogen-bond donors (Lipinski definition) is 1. The third-order valence-electron chi connectivity index (χ3n) is 3.55. The summed E-state index contributed by atoms with van der Waals surface area (Å²) in [6.45, 7) is 6.17. The summed E-state index contributed by atoms with van der Waals surface area (Å²) in [4.78, 5) is 2.13. The first-order valence-electron chi connectivity index (χ1n) is 8.26. The Bertz CT molecular complexity index is 379. The van der Waals surface area contributed by atoms with E-state index in [4.69, 9.17) is 4.74 Å². The topological polar surface area (TPSA) is 24.5 Å². The number of hydrogen-bond acceptors (Lipinski definition) is 3. The van der Waals surface area contributed by atoms with Crippen LogP contribution in [0.5, 0.6) is 5.75 Å². The number of benzene rings is 1. The minimum Gasteiger partial charge on any atom is -0.492 e. The molecule has 0 aromatic heterocycles. The number of nitrogens with one attached hydrogen (secondary N) is 1. The highest BCUT2D eigenvalue weighted by Gasteiger charge is 2.03. The lowest BCUT2D eigenvalue weighted by atomic mass is 10.1. The summed E-state index contributed by atoms with van der Waals surface area (Å²) in [5, 5.41) is 3.57. The lowest BCUT2D eigenvalue weighted by Crippen LogP contribution is -2.19. The predicted octanol–water partition coefficient (Wildman–Crippen LogP) is 4.40. The number of rotatable bonds is 11. The molecule has 120 valence electrons. The van der Waals surface area contributed by atoms with E-state index in [0.717, 1.165) is 24.6 Å². The molecule has 0 heterocycles. The first-order chi connectivity index (χ1) is 10.1. The zero-order chi connectivity index (χ0) is 15.5. The van der Waals surface area contributed by atoms with Gasteiger partial charge in [0.05, 0.1) is 0 Å². The Morgan fingerprint density at radius 1 is 1.19 bits per heavy atom. The fraction of sp³-hybridized carbons (Fsp3) is 0.667. The van der Waals surface area contributed by atoms with E-state index in [9.17, 15) is 0 Å². The van der Waals surface area contributed by atoms with Crippen LogP contribution in [0.15, 0.2) is 24.3 Å². The van der Waals surface area contributed by atoms with Crippen molar-refractivity contribution in [3.8, 4) is 5.75 Å². The molecule has 0 saturated carbocycles. The zero-order valence-corrected chi connectivity index (χ0v) is 14.2. The van der Waals surface area contributed by atoms with Crippen molar-refractivity contribution >= 4 is 5.69 Å². The van der Waals surface area contributed by atoms with Crippen molar-refractivity contribution in [3.63, 3.8) is 0 Å². The molecule has 0 aliphatic heterocycles. The molecule has 0 fully saturated rings. The molecule has 21 heavy (non-hydrogen) atoms.